The smallest absolute Gasteiger partial charge is 0.310 e. The van der Waals surface area contributed by atoms with Gasteiger partial charge in [-0.15, -0.1) is 0 Å². The van der Waals surface area contributed by atoms with Crippen LogP contribution in [0.3, 0.4) is 0 Å². The van der Waals surface area contributed by atoms with Gasteiger partial charge in [0, 0.05) is 18.5 Å². The van der Waals surface area contributed by atoms with E-state index >= 15 is 0 Å². The topological polar surface area (TPSA) is 38.8 Å². The summed E-state index contributed by atoms with van der Waals surface area (Å²) in [5.74, 6) is 1.52. The second kappa shape index (κ2) is 10.3. The van der Waals surface area contributed by atoms with Gasteiger partial charge in [-0.25, -0.2) is 0 Å². The largest absolute Gasteiger partial charge is 0.461 e. The Morgan fingerprint density at radius 3 is 2.56 bits per heavy atom. The van der Waals surface area contributed by atoms with Gasteiger partial charge in [0.2, 0.25) is 0 Å². The fourth-order valence-electron chi connectivity index (χ4n) is 3.84. The van der Waals surface area contributed by atoms with Gasteiger partial charge in [-0.3, -0.25) is 4.79 Å². The zero-order valence-corrected chi connectivity index (χ0v) is 18.7. The van der Waals surface area contributed by atoms with E-state index in [9.17, 15) is 4.79 Å². The summed E-state index contributed by atoms with van der Waals surface area (Å²) in [6, 6.07) is 24.1. The first kappa shape index (κ1) is 21.8. The van der Waals surface area contributed by atoms with Gasteiger partial charge in [0.1, 0.15) is 18.1 Å². The van der Waals surface area contributed by atoms with Crippen molar-refractivity contribution < 1.29 is 14.3 Å². The van der Waals surface area contributed by atoms with Crippen LogP contribution in [0.4, 0.5) is 0 Å². The molecule has 0 saturated heterocycles. The lowest BCUT2D eigenvalue weighted by atomic mass is 9.97. The highest BCUT2D eigenvalue weighted by Gasteiger charge is 2.19. The van der Waals surface area contributed by atoms with Crippen molar-refractivity contribution in [2.45, 2.75) is 25.9 Å². The van der Waals surface area contributed by atoms with Crippen molar-refractivity contribution in [1.82, 2.24) is 4.90 Å². The quantitative estimate of drug-likeness (QED) is 0.483. The molecule has 0 atom stereocenters. The monoisotopic (exact) mass is 427 g/mol. The fraction of sp³-hybridized carbons (Fsp3) is 0.250. The van der Waals surface area contributed by atoms with Crippen LogP contribution in [0.1, 0.15) is 34.2 Å². The van der Waals surface area contributed by atoms with Crippen molar-refractivity contribution in [1.29, 1.82) is 0 Å². The van der Waals surface area contributed by atoms with Crippen LogP contribution < -0.4 is 4.74 Å². The predicted molar refractivity (Wildman–Crippen MR) is 127 cm³/mol. The highest BCUT2D eigenvalue weighted by molar-refractivity contribution is 5.73. The molecule has 0 aromatic heterocycles. The molecule has 4 nitrogen and oxygen atoms in total. The number of nitrogens with zero attached hydrogens (tertiary/aromatic N) is 1. The lowest BCUT2D eigenvalue weighted by Crippen LogP contribution is -2.12. The summed E-state index contributed by atoms with van der Waals surface area (Å²) >= 11 is 0. The van der Waals surface area contributed by atoms with Crippen LogP contribution in [0.25, 0.3) is 5.76 Å². The highest BCUT2D eigenvalue weighted by Crippen LogP contribution is 2.34. The van der Waals surface area contributed by atoms with E-state index in [1.165, 1.54) is 5.56 Å². The SMILES string of the molecule is CN(C)CC/C=C1\Oc2ccc(CC(=O)OCc3ccccc3)cc2Cc2ccccc21. The first-order valence-electron chi connectivity index (χ1n) is 11.0. The molecular formula is C28H29NO3. The molecule has 1 aliphatic heterocycles. The molecule has 0 spiro atoms. The molecule has 32 heavy (non-hydrogen) atoms. The third kappa shape index (κ3) is 5.65. The van der Waals surface area contributed by atoms with Gasteiger partial charge in [-0.05, 0) is 54.9 Å². The molecule has 0 fully saturated rings. The number of rotatable bonds is 7. The molecule has 4 rings (SSSR count). The molecule has 164 valence electrons. The Morgan fingerprint density at radius 1 is 0.969 bits per heavy atom. The van der Waals surface area contributed by atoms with Gasteiger partial charge in [0.05, 0.1) is 6.42 Å². The van der Waals surface area contributed by atoms with Crippen molar-refractivity contribution in [3.05, 3.63) is 107 Å². The molecule has 3 aromatic carbocycles. The summed E-state index contributed by atoms with van der Waals surface area (Å²) in [6.45, 7) is 1.26. The molecular weight excluding hydrogens is 398 g/mol. The van der Waals surface area contributed by atoms with Crippen LogP contribution in [-0.2, 0) is 29.0 Å². The standard InChI is InChI=1S/C28H29NO3/c1-29(2)16-8-13-27-25-12-7-6-11-23(25)19-24-17-22(14-15-26(24)32-27)18-28(30)31-20-21-9-4-3-5-10-21/h3-7,9-15,17H,8,16,18-20H2,1-2H3/b27-13-. The number of carbonyl (C=O) groups excluding carboxylic acids is 1. The first-order valence-corrected chi connectivity index (χ1v) is 11.0. The lowest BCUT2D eigenvalue weighted by molar-refractivity contribution is -0.144. The number of hydrogen-bond donors (Lipinski definition) is 0. The number of benzene rings is 3. The van der Waals surface area contributed by atoms with E-state index in [-0.39, 0.29) is 12.4 Å². The summed E-state index contributed by atoms with van der Waals surface area (Å²) in [5, 5.41) is 0. The maximum Gasteiger partial charge on any atom is 0.310 e. The van der Waals surface area contributed by atoms with Crippen LogP contribution in [0.15, 0.2) is 78.9 Å². The fourth-order valence-corrected chi connectivity index (χ4v) is 3.84. The summed E-state index contributed by atoms with van der Waals surface area (Å²) < 4.78 is 11.8. The molecule has 0 bridgehead atoms. The minimum absolute atomic E-state index is 0.229. The second-order valence-corrected chi connectivity index (χ2v) is 8.36. The van der Waals surface area contributed by atoms with Crippen molar-refractivity contribution in [2.24, 2.45) is 0 Å². The van der Waals surface area contributed by atoms with Gasteiger partial charge in [-0.1, -0.05) is 66.7 Å². The molecule has 0 N–H and O–H groups in total. The Kier molecular flexibility index (Phi) is 7.03. The van der Waals surface area contributed by atoms with E-state index in [2.05, 4.69) is 49.3 Å². The Bertz CT molecular complexity index is 1100. The van der Waals surface area contributed by atoms with Crippen LogP contribution in [0.2, 0.25) is 0 Å². The van der Waals surface area contributed by atoms with Crippen LogP contribution >= 0.6 is 0 Å². The molecule has 0 unspecified atom stereocenters. The summed E-state index contributed by atoms with van der Waals surface area (Å²) in [7, 11) is 4.14. The van der Waals surface area contributed by atoms with Crippen molar-refractivity contribution in [3.63, 3.8) is 0 Å². The van der Waals surface area contributed by atoms with Gasteiger partial charge >= 0.3 is 5.97 Å². The van der Waals surface area contributed by atoms with E-state index in [0.717, 1.165) is 53.1 Å². The minimum Gasteiger partial charge on any atom is -0.461 e. The minimum atomic E-state index is -0.229. The van der Waals surface area contributed by atoms with Crippen LogP contribution in [0, 0.1) is 0 Å². The van der Waals surface area contributed by atoms with Crippen LogP contribution in [-0.4, -0.2) is 31.5 Å². The van der Waals surface area contributed by atoms with E-state index in [0.29, 0.717) is 6.61 Å². The number of carbonyl (C=O) groups is 1. The average molecular weight is 428 g/mol. The Morgan fingerprint density at radius 2 is 1.75 bits per heavy atom. The molecule has 0 saturated carbocycles. The maximum atomic E-state index is 12.4. The summed E-state index contributed by atoms with van der Waals surface area (Å²) in [4.78, 5) is 14.5. The van der Waals surface area contributed by atoms with Crippen molar-refractivity contribution in [3.8, 4) is 5.75 Å². The zero-order valence-electron chi connectivity index (χ0n) is 18.7. The van der Waals surface area contributed by atoms with Gasteiger partial charge in [0.25, 0.3) is 0 Å². The lowest BCUT2D eigenvalue weighted by Gasteiger charge is -2.13. The van der Waals surface area contributed by atoms with Gasteiger partial charge in [-0.2, -0.15) is 0 Å². The first-order chi connectivity index (χ1) is 15.6. The Hall–Kier alpha value is -3.37. The van der Waals surface area contributed by atoms with Crippen molar-refractivity contribution >= 4 is 11.7 Å². The molecule has 3 aromatic rings. The summed E-state index contributed by atoms with van der Waals surface area (Å²) in [5.41, 5.74) is 5.36. The van der Waals surface area contributed by atoms with E-state index in [1.807, 2.05) is 48.5 Å². The number of hydrogen-bond acceptors (Lipinski definition) is 4. The molecule has 4 heteroatoms. The summed E-state index contributed by atoms with van der Waals surface area (Å²) in [6.07, 6.45) is 4.09. The maximum absolute atomic E-state index is 12.4. The van der Waals surface area contributed by atoms with E-state index in [1.54, 1.807) is 0 Å². The normalized spacial score (nSPS) is 13.8. The van der Waals surface area contributed by atoms with Gasteiger partial charge < -0.3 is 14.4 Å². The Balaban J connectivity index is 1.50. The molecule has 1 aliphatic rings. The average Bonchev–Trinajstić information content (AvgIpc) is 2.94. The third-order valence-electron chi connectivity index (χ3n) is 5.51. The predicted octanol–water partition coefficient (Wildman–Crippen LogP) is 5.25. The molecule has 0 radical (unpaired) electrons. The number of fused-ring (bicyclic) bond motifs is 2. The molecule has 1 heterocycles. The van der Waals surface area contributed by atoms with Crippen molar-refractivity contribution in [2.75, 3.05) is 20.6 Å². The number of ether oxygens (including phenoxy) is 2. The zero-order chi connectivity index (χ0) is 22.3. The number of esters is 1. The highest BCUT2D eigenvalue weighted by atomic mass is 16.5. The third-order valence-corrected chi connectivity index (χ3v) is 5.51. The second-order valence-electron chi connectivity index (χ2n) is 8.36. The van der Waals surface area contributed by atoms with Gasteiger partial charge in [0.15, 0.2) is 0 Å². The Labute approximate surface area is 190 Å². The van der Waals surface area contributed by atoms with E-state index in [4.69, 9.17) is 9.47 Å². The molecule has 0 amide bonds. The molecule has 0 aliphatic carbocycles. The van der Waals surface area contributed by atoms with Crippen LogP contribution in [0.5, 0.6) is 5.75 Å². The van der Waals surface area contributed by atoms with E-state index < -0.39 is 0 Å².